The van der Waals surface area contributed by atoms with Crippen molar-refractivity contribution in [3.8, 4) is 0 Å². The summed E-state index contributed by atoms with van der Waals surface area (Å²) in [4.78, 5) is 1.39. The number of hydrogen-bond acceptors (Lipinski definition) is 2. The fraction of sp³-hybridized carbons (Fsp3) is 1.00. The summed E-state index contributed by atoms with van der Waals surface area (Å²) in [5.74, 6) is 0.224. The third-order valence-corrected chi connectivity index (χ3v) is 2.49. The summed E-state index contributed by atoms with van der Waals surface area (Å²) in [7, 11) is 0. The van der Waals surface area contributed by atoms with E-state index in [4.69, 9.17) is 5.73 Å². The van der Waals surface area contributed by atoms with E-state index < -0.39 is 12.7 Å². The maximum Gasteiger partial charge on any atom is 0.401 e. The molecular weight excluding hydrogens is 181 g/mol. The number of likely N-dealkylation sites (tertiary alicyclic amines) is 1. The second-order valence-corrected chi connectivity index (χ2v) is 3.64. The van der Waals surface area contributed by atoms with Crippen molar-refractivity contribution in [1.82, 2.24) is 4.90 Å². The maximum absolute atomic E-state index is 12.0. The van der Waals surface area contributed by atoms with E-state index in [1.807, 2.05) is 6.92 Å². The Morgan fingerprint density at radius 1 is 1.38 bits per heavy atom. The predicted molar refractivity (Wildman–Crippen MR) is 44.3 cm³/mol. The monoisotopic (exact) mass is 196 g/mol. The molecule has 0 aromatic carbocycles. The fourth-order valence-electron chi connectivity index (χ4n) is 1.80. The van der Waals surface area contributed by atoms with Crippen LogP contribution < -0.4 is 5.73 Å². The van der Waals surface area contributed by atoms with Gasteiger partial charge in [-0.1, -0.05) is 13.3 Å². The highest BCUT2D eigenvalue weighted by molar-refractivity contribution is 4.86. The molecule has 0 aromatic heterocycles. The summed E-state index contributed by atoms with van der Waals surface area (Å²) in [6.07, 6.45) is -3.24. The van der Waals surface area contributed by atoms with Gasteiger partial charge in [-0.2, -0.15) is 13.2 Å². The highest BCUT2D eigenvalue weighted by Crippen LogP contribution is 2.23. The zero-order valence-corrected chi connectivity index (χ0v) is 7.64. The Morgan fingerprint density at radius 2 is 2.00 bits per heavy atom. The molecule has 2 atom stereocenters. The maximum atomic E-state index is 12.0. The van der Waals surface area contributed by atoms with Crippen molar-refractivity contribution in [3.05, 3.63) is 0 Å². The van der Waals surface area contributed by atoms with E-state index in [1.165, 1.54) is 4.90 Å². The Hall–Kier alpha value is -0.290. The van der Waals surface area contributed by atoms with E-state index in [-0.39, 0.29) is 12.0 Å². The van der Waals surface area contributed by atoms with Crippen molar-refractivity contribution in [3.63, 3.8) is 0 Å². The van der Waals surface area contributed by atoms with E-state index >= 15 is 0 Å². The van der Waals surface area contributed by atoms with Crippen molar-refractivity contribution in [2.45, 2.75) is 25.6 Å². The van der Waals surface area contributed by atoms with Crippen LogP contribution in [0.5, 0.6) is 0 Å². The summed E-state index contributed by atoms with van der Waals surface area (Å²) in [5, 5.41) is 0. The van der Waals surface area contributed by atoms with Crippen LogP contribution in [-0.2, 0) is 0 Å². The molecule has 5 heteroatoms. The Kier molecular flexibility index (Phi) is 3.18. The summed E-state index contributed by atoms with van der Waals surface area (Å²) < 4.78 is 35.9. The van der Waals surface area contributed by atoms with Crippen LogP contribution in [-0.4, -0.2) is 36.8 Å². The molecule has 13 heavy (non-hydrogen) atoms. The van der Waals surface area contributed by atoms with Gasteiger partial charge >= 0.3 is 6.18 Å². The Balaban J connectivity index is 2.40. The van der Waals surface area contributed by atoms with E-state index in [0.717, 1.165) is 6.42 Å². The average molecular weight is 196 g/mol. The van der Waals surface area contributed by atoms with Gasteiger partial charge in [0, 0.05) is 19.1 Å². The minimum absolute atomic E-state index is 0.0904. The van der Waals surface area contributed by atoms with Crippen LogP contribution >= 0.6 is 0 Å². The topological polar surface area (TPSA) is 29.3 Å². The minimum atomic E-state index is -4.09. The van der Waals surface area contributed by atoms with Gasteiger partial charge in [0.2, 0.25) is 0 Å². The largest absolute Gasteiger partial charge is 0.401 e. The molecule has 0 saturated carbocycles. The summed E-state index contributed by atoms with van der Waals surface area (Å²) in [6.45, 7) is 1.99. The first-order chi connectivity index (χ1) is 5.92. The molecule has 0 spiro atoms. The third-order valence-electron chi connectivity index (χ3n) is 2.49. The van der Waals surface area contributed by atoms with Crippen molar-refractivity contribution < 1.29 is 13.2 Å². The predicted octanol–water partition coefficient (Wildman–Crippen LogP) is 1.22. The van der Waals surface area contributed by atoms with Gasteiger partial charge in [0.15, 0.2) is 0 Å². The first kappa shape index (κ1) is 10.8. The van der Waals surface area contributed by atoms with Gasteiger partial charge in [0.1, 0.15) is 0 Å². The van der Waals surface area contributed by atoms with Gasteiger partial charge < -0.3 is 5.73 Å². The molecule has 1 heterocycles. The SMILES string of the molecule is CCC1CN(CC(F)(F)F)CC1N. The molecular formula is C8H15F3N2. The summed E-state index contributed by atoms with van der Waals surface area (Å²) >= 11 is 0. The number of halogens is 3. The first-order valence-electron chi connectivity index (χ1n) is 4.47. The van der Waals surface area contributed by atoms with Crippen molar-refractivity contribution in [1.29, 1.82) is 0 Å². The van der Waals surface area contributed by atoms with E-state index in [0.29, 0.717) is 13.1 Å². The molecule has 1 aliphatic rings. The molecule has 2 unspecified atom stereocenters. The number of nitrogens with zero attached hydrogens (tertiary/aromatic N) is 1. The zero-order chi connectivity index (χ0) is 10.1. The van der Waals surface area contributed by atoms with Crippen LogP contribution in [0.3, 0.4) is 0 Å². The van der Waals surface area contributed by atoms with E-state index in [1.54, 1.807) is 0 Å². The lowest BCUT2D eigenvalue weighted by atomic mass is 10.0. The highest BCUT2D eigenvalue weighted by Gasteiger charge is 2.36. The van der Waals surface area contributed by atoms with Crippen LogP contribution in [0.2, 0.25) is 0 Å². The lowest BCUT2D eigenvalue weighted by Gasteiger charge is -2.17. The Morgan fingerprint density at radius 3 is 2.38 bits per heavy atom. The summed E-state index contributed by atoms with van der Waals surface area (Å²) in [5.41, 5.74) is 5.69. The molecule has 1 rings (SSSR count). The van der Waals surface area contributed by atoms with Crippen molar-refractivity contribution in [2.24, 2.45) is 11.7 Å². The smallest absolute Gasteiger partial charge is 0.326 e. The van der Waals surface area contributed by atoms with Gasteiger partial charge in [-0.05, 0) is 5.92 Å². The molecule has 0 aromatic rings. The molecule has 1 aliphatic heterocycles. The summed E-state index contributed by atoms with van der Waals surface area (Å²) in [6, 6.07) is -0.0904. The standard InChI is InChI=1S/C8H15F3N2/c1-2-6-3-13(4-7(6)12)5-8(9,10)11/h6-7H,2-5,12H2,1H3. The molecule has 2 N–H and O–H groups in total. The molecule has 0 radical (unpaired) electrons. The normalized spacial score (nSPS) is 31.2. The molecule has 2 nitrogen and oxygen atoms in total. The van der Waals surface area contributed by atoms with Gasteiger partial charge in [-0.25, -0.2) is 0 Å². The third kappa shape index (κ3) is 3.15. The lowest BCUT2D eigenvalue weighted by Crippen LogP contribution is -2.34. The van der Waals surface area contributed by atoms with Crippen LogP contribution in [0.15, 0.2) is 0 Å². The quantitative estimate of drug-likeness (QED) is 0.719. The van der Waals surface area contributed by atoms with Crippen molar-refractivity contribution >= 4 is 0 Å². The molecule has 1 fully saturated rings. The average Bonchev–Trinajstić information content (AvgIpc) is 2.26. The van der Waals surface area contributed by atoms with E-state index in [2.05, 4.69) is 0 Å². The molecule has 0 bridgehead atoms. The van der Waals surface area contributed by atoms with Crippen LogP contribution in [0.25, 0.3) is 0 Å². The van der Waals surface area contributed by atoms with Crippen molar-refractivity contribution in [2.75, 3.05) is 19.6 Å². The number of hydrogen-bond donors (Lipinski definition) is 1. The van der Waals surface area contributed by atoms with Crippen LogP contribution in [0.1, 0.15) is 13.3 Å². The van der Waals surface area contributed by atoms with Crippen LogP contribution in [0.4, 0.5) is 13.2 Å². The fourth-order valence-corrected chi connectivity index (χ4v) is 1.80. The second-order valence-electron chi connectivity index (χ2n) is 3.64. The van der Waals surface area contributed by atoms with Gasteiger partial charge in [-0.3, -0.25) is 4.90 Å². The minimum Gasteiger partial charge on any atom is -0.326 e. The number of alkyl halides is 3. The number of rotatable bonds is 2. The lowest BCUT2D eigenvalue weighted by molar-refractivity contribution is -0.143. The molecule has 0 amide bonds. The molecule has 78 valence electrons. The van der Waals surface area contributed by atoms with Gasteiger partial charge in [-0.15, -0.1) is 0 Å². The van der Waals surface area contributed by atoms with Crippen LogP contribution in [0, 0.1) is 5.92 Å². The first-order valence-corrected chi connectivity index (χ1v) is 4.47. The Bertz CT molecular complexity index is 169. The van der Waals surface area contributed by atoms with E-state index in [9.17, 15) is 13.2 Å². The highest BCUT2D eigenvalue weighted by atomic mass is 19.4. The molecule has 0 aliphatic carbocycles. The Labute approximate surface area is 75.9 Å². The number of nitrogens with two attached hydrogens (primary N) is 1. The second kappa shape index (κ2) is 3.84. The van der Waals surface area contributed by atoms with Gasteiger partial charge in [0.25, 0.3) is 0 Å². The zero-order valence-electron chi connectivity index (χ0n) is 7.64. The van der Waals surface area contributed by atoms with Gasteiger partial charge in [0.05, 0.1) is 6.54 Å². The molecule has 1 saturated heterocycles.